The first-order valence-corrected chi connectivity index (χ1v) is 9.33. The third-order valence-corrected chi connectivity index (χ3v) is 6.35. The van der Waals surface area contributed by atoms with Crippen LogP contribution in [0.1, 0.15) is 36.0 Å². The van der Waals surface area contributed by atoms with Crippen LogP contribution in [0.3, 0.4) is 0 Å². The molecule has 2 rings (SSSR count). The van der Waals surface area contributed by atoms with Gasteiger partial charge in [-0.1, -0.05) is 12.8 Å². The van der Waals surface area contributed by atoms with Gasteiger partial charge in [0, 0.05) is 26.2 Å². The standard InChI is InChI=1S/C16H25N3O4S.ClH/c1-19(2)24(21,22)14-10-12(6-7-13(14)23-3)15(20)18-16(11-17)8-4-5-9-16;/h6-7,10H,4-5,8-9,11,17H2,1-3H3,(H,18,20);1H. The van der Waals surface area contributed by atoms with Crippen LogP contribution in [0.25, 0.3) is 0 Å². The van der Waals surface area contributed by atoms with E-state index in [4.69, 9.17) is 10.5 Å². The summed E-state index contributed by atoms with van der Waals surface area (Å²) in [6.45, 7) is 0.373. The maximum Gasteiger partial charge on any atom is 0.251 e. The zero-order valence-corrected chi connectivity index (χ0v) is 16.4. The van der Waals surface area contributed by atoms with Crippen LogP contribution in [0.5, 0.6) is 5.75 Å². The molecule has 0 unspecified atom stereocenters. The fraction of sp³-hybridized carbons (Fsp3) is 0.562. The van der Waals surface area contributed by atoms with Gasteiger partial charge in [0.15, 0.2) is 0 Å². The number of nitrogens with zero attached hydrogens (tertiary/aromatic N) is 1. The number of carbonyl (C=O) groups excluding carboxylic acids is 1. The topological polar surface area (TPSA) is 102 Å². The van der Waals surface area contributed by atoms with Gasteiger partial charge in [0.25, 0.3) is 5.91 Å². The highest BCUT2D eigenvalue weighted by Gasteiger charge is 2.34. The molecule has 0 saturated heterocycles. The Morgan fingerprint density at radius 1 is 1.32 bits per heavy atom. The Labute approximate surface area is 155 Å². The van der Waals surface area contributed by atoms with Crippen LogP contribution in [-0.2, 0) is 10.0 Å². The minimum atomic E-state index is -3.72. The highest BCUT2D eigenvalue weighted by atomic mass is 35.5. The van der Waals surface area contributed by atoms with E-state index >= 15 is 0 Å². The van der Waals surface area contributed by atoms with Crippen LogP contribution >= 0.6 is 12.4 Å². The largest absolute Gasteiger partial charge is 0.495 e. The number of sulfonamides is 1. The number of halogens is 1. The number of hydrogen-bond acceptors (Lipinski definition) is 5. The van der Waals surface area contributed by atoms with E-state index in [2.05, 4.69) is 5.32 Å². The fourth-order valence-corrected chi connectivity index (χ4v) is 4.04. The Balaban J connectivity index is 0.00000312. The predicted molar refractivity (Wildman–Crippen MR) is 98.8 cm³/mol. The van der Waals surface area contributed by atoms with Gasteiger partial charge in [-0.2, -0.15) is 0 Å². The van der Waals surface area contributed by atoms with Crippen molar-refractivity contribution in [3.05, 3.63) is 23.8 Å². The zero-order chi connectivity index (χ0) is 18.0. The van der Waals surface area contributed by atoms with E-state index in [0.29, 0.717) is 6.54 Å². The molecule has 7 nitrogen and oxygen atoms in total. The zero-order valence-electron chi connectivity index (χ0n) is 14.7. The summed E-state index contributed by atoms with van der Waals surface area (Å²) < 4.78 is 31.1. The number of ether oxygens (including phenoxy) is 1. The minimum Gasteiger partial charge on any atom is -0.495 e. The lowest BCUT2D eigenvalue weighted by Gasteiger charge is -2.28. The number of amides is 1. The minimum absolute atomic E-state index is 0. The van der Waals surface area contributed by atoms with Crippen LogP contribution in [0.15, 0.2) is 23.1 Å². The summed E-state index contributed by atoms with van der Waals surface area (Å²) in [5.41, 5.74) is 5.73. The normalized spacial score (nSPS) is 16.4. The van der Waals surface area contributed by atoms with Crippen LogP contribution < -0.4 is 15.8 Å². The molecule has 1 aliphatic carbocycles. The first-order chi connectivity index (χ1) is 11.3. The van der Waals surface area contributed by atoms with Crippen molar-refractivity contribution in [3.63, 3.8) is 0 Å². The smallest absolute Gasteiger partial charge is 0.251 e. The molecule has 0 radical (unpaired) electrons. The summed E-state index contributed by atoms with van der Waals surface area (Å²) in [5, 5.41) is 2.99. The third-order valence-electron chi connectivity index (χ3n) is 4.51. The lowest BCUT2D eigenvalue weighted by atomic mass is 9.97. The number of methoxy groups -OCH3 is 1. The number of nitrogens with one attached hydrogen (secondary N) is 1. The summed E-state index contributed by atoms with van der Waals surface area (Å²) in [6, 6.07) is 4.40. The molecule has 0 atom stereocenters. The molecule has 0 bridgehead atoms. The van der Waals surface area contributed by atoms with Gasteiger partial charge >= 0.3 is 0 Å². The molecule has 9 heteroatoms. The molecule has 1 fully saturated rings. The van der Waals surface area contributed by atoms with Crippen molar-refractivity contribution in [3.8, 4) is 5.75 Å². The van der Waals surface area contributed by atoms with E-state index in [9.17, 15) is 13.2 Å². The van der Waals surface area contributed by atoms with E-state index < -0.39 is 15.6 Å². The average Bonchev–Trinajstić information content (AvgIpc) is 3.03. The molecule has 1 amide bonds. The SMILES string of the molecule is COc1ccc(C(=O)NC2(CN)CCCC2)cc1S(=O)(=O)N(C)C.Cl. The summed E-state index contributed by atoms with van der Waals surface area (Å²) in [7, 11) is 0.542. The van der Waals surface area contributed by atoms with E-state index in [-0.39, 0.29) is 34.5 Å². The van der Waals surface area contributed by atoms with Crippen molar-refractivity contribution in [1.29, 1.82) is 0 Å². The van der Waals surface area contributed by atoms with Gasteiger partial charge in [0.05, 0.1) is 12.6 Å². The monoisotopic (exact) mass is 391 g/mol. The molecule has 0 aliphatic heterocycles. The van der Waals surface area contributed by atoms with Crippen LogP contribution in [0.2, 0.25) is 0 Å². The van der Waals surface area contributed by atoms with Gasteiger partial charge in [0.2, 0.25) is 10.0 Å². The molecule has 3 N–H and O–H groups in total. The Morgan fingerprint density at radius 2 is 1.92 bits per heavy atom. The van der Waals surface area contributed by atoms with Gasteiger partial charge in [-0.25, -0.2) is 12.7 Å². The van der Waals surface area contributed by atoms with E-state index in [1.165, 1.54) is 33.3 Å². The van der Waals surface area contributed by atoms with Crippen molar-refractivity contribution in [2.45, 2.75) is 36.1 Å². The van der Waals surface area contributed by atoms with Crippen molar-refractivity contribution in [1.82, 2.24) is 9.62 Å². The molecule has 1 saturated carbocycles. The number of carbonyl (C=O) groups is 1. The first kappa shape index (κ1) is 21.7. The lowest BCUT2D eigenvalue weighted by molar-refractivity contribution is 0.0903. The van der Waals surface area contributed by atoms with Gasteiger partial charge < -0.3 is 15.8 Å². The Hall–Kier alpha value is -1.35. The van der Waals surface area contributed by atoms with Crippen molar-refractivity contribution < 1.29 is 17.9 Å². The third kappa shape index (κ3) is 4.44. The van der Waals surface area contributed by atoms with Gasteiger partial charge in [-0.05, 0) is 31.0 Å². The Bertz CT molecular complexity index is 716. The molecule has 0 aromatic heterocycles. The predicted octanol–water partition coefficient (Wildman–Crippen LogP) is 1.37. The lowest BCUT2D eigenvalue weighted by Crippen LogP contribution is -2.51. The average molecular weight is 392 g/mol. The molecule has 1 aromatic rings. The second-order valence-electron chi connectivity index (χ2n) is 6.30. The maximum absolute atomic E-state index is 12.6. The highest BCUT2D eigenvalue weighted by Crippen LogP contribution is 2.30. The van der Waals surface area contributed by atoms with Crippen molar-refractivity contribution >= 4 is 28.3 Å². The second kappa shape index (κ2) is 8.35. The van der Waals surface area contributed by atoms with E-state index in [0.717, 1.165) is 30.0 Å². The summed E-state index contributed by atoms with van der Waals surface area (Å²) >= 11 is 0. The van der Waals surface area contributed by atoms with Crippen LogP contribution in [-0.4, -0.2) is 51.9 Å². The van der Waals surface area contributed by atoms with E-state index in [1.54, 1.807) is 6.07 Å². The molecule has 0 heterocycles. The molecule has 0 spiro atoms. The molecule has 142 valence electrons. The van der Waals surface area contributed by atoms with E-state index in [1.807, 2.05) is 0 Å². The maximum atomic E-state index is 12.6. The Morgan fingerprint density at radius 3 is 2.40 bits per heavy atom. The first-order valence-electron chi connectivity index (χ1n) is 7.89. The number of nitrogens with two attached hydrogens (primary N) is 1. The van der Waals surface area contributed by atoms with Crippen molar-refractivity contribution in [2.24, 2.45) is 5.73 Å². The second-order valence-corrected chi connectivity index (χ2v) is 8.42. The fourth-order valence-electron chi connectivity index (χ4n) is 2.96. The van der Waals surface area contributed by atoms with Crippen LogP contribution in [0.4, 0.5) is 0 Å². The summed E-state index contributed by atoms with van der Waals surface area (Å²) in [4.78, 5) is 12.6. The van der Waals surface area contributed by atoms with Gasteiger partial charge in [0.1, 0.15) is 10.6 Å². The van der Waals surface area contributed by atoms with Gasteiger partial charge in [-0.3, -0.25) is 4.79 Å². The van der Waals surface area contributed by atoms with Gasteiger partial charge in [-0.15, -0.1) is 12.4 Å². The molecule has 25 heavy (non-hydrogen) atoms. The number of rotatable bonds is 6. The quantitative estimate of drug-likeness (QED) is 0.762. The number of benzene rings is 1. The molecular formula is C16H26ClN3O4S. The number of hydrogen-bond donors (Lipinski definition) is 2. The summed E-state index contributed by atoms with van der Waals surface area (Å²) in [5.74, 6) is -0.116. The molecular weight excluding hydrogens is 366 g/mol. The van der Waals surface area contributed by atoms with Crippen LogP contribution in [0, 0.1) is 0 Å². The Kier molecular flexibility index (Phi) is 7.25. The summed E-state index contributed by atoms with van der Waals surface area (Å²) in [6.07, 6.45) is 3.74. The molecule has 1 aromatic carbocycles. The highest BCUT2D eigenvalue weighted by molar-refractivity contribution is 7.89. The molecule has 1 aliphatic rings. The van der Waals surface area contributed by atoms with Crippen molar-refractivity contribution in [2.75, 3.05) is 27.7 Å².